The number of aryl methyl sites for hydroxylation is 1. The summed E-state index contributed by atoms with van der Waals surface area (Å²) in [6.45, 7) is 4.40. The highest BCUT2D eigenvalue weighted by atomic mass is 35.5. The maximum Gasteiger partial charge on any atom is 0.145 e. The minimum Gasteiger partial charge on any atom is -0.205 e. The summed E-state index contributed by atoms with van der Waals surface area (Å²) in [4.78, 5) is 0. The van der Waals surface area contributed by atoms with Crippen LogP contribution < -0.4 is 0 Å². The first-order valence-corrected chi connectivity index (χ1v) is 9.21. The van der Waals surface area contributed by atoms with E-state index in [1.54, 1.807) is 0 Å². The van der Waals surface area contributed by atoms with Crippen molar-refractivity contribution in [1.29, 1.82) is 0 Å². The number of hydrogen-bond acceptors (Lipinski definition) is 0. The summed E-state index contributed by atoms with van der Waals surface area (Å²) in [6.07, 6.45) is 12.3. The molecule has 2 heteroatoms. The average Bonchev–Trinajstić information content (AvgIpc) is 2.53. The van der Waals surface area contributed by atoms with Crippen LogP contribution in [0.15, 0.2) is 18.2 Å². The van der Waals surface area contributed by atoms with Gasteiger partial charge in [-0.1, -0.05) is 69.3 Å². The van der Waals surface area contributed by atoms with E-state index in [1.165, 1.54) is 24.8 Å². The molecule has 0 saturated heterocycles. The van der Waals surface area contributed by atoms with E-state index in [9.17, 15) is 4.39 Å². The van der Waals surface area contributed by atoms with Crippen LogP contribution in [-0.2, 0) is 6.42 Å². The first-order valence-electron chi connectivity index (χ1n) is 8.83. The third-order valence-electron chi connectivity index (χ3n) is 4.77. The predicted molar refractivity (Wildman–Crippen MR) is 94.9 cm³/mol. The van der Waals surface area contributed by atoms with Crippen molar-refractivity contribution in [2.45, 2.75) is 71.6 Å². The molecule has 1 unspecified atom stereocenters. The van der Waals surface area contributed by atoms with E-state index in [0.717, 1.165) is 55.6 Å². The Morgan fingerprint density at radius 2 is 2.00 bits per heavy atom. The number of benzene rings is 1. The molecule has 0 spiro atoms. The molecular formula is C20H28ClF. The second kappa shape index (κ2) is 8.72. The normalized spacial score (nSPS) is 18.4. The minimum absolute atomic E-state index is 0.202. The molecule has 0 fully saturated rings. The van der Waals surface area contributed by atoms with Crippen LogP contribution in [0.4, 0.5) is 4.39 Å². The van der Waals surface area contributed by atoms with Gasteiger partial charge in [-0.3, -0.25) is 0 Å². The van der Waals surface area contributed by atoms with E-state index in [0.29, 0.717) is 5.02 Å². The van der Waals surface area contributed by atoms with Gasteiger partial charge in [0.05, 0.1) is 5.02 Å². The number of allylic oxidation sites excluding steroid dienone is 2. The largest absolute Gasteiger partial charge is 0.205 e. The molecule has 1 atom stereocenters. The number of unbranched alkanes of at least 4 members (excludes halogenated alkanes) is 2. The summed E-state index contributed by atoms with van der Waals surface area (Å²) in [5.74, 6) is 0.595. The molecule has 0 aromatic heterocycles. The minimum atomic E-state index is -0.202. The van der Waals surface area contributed by atoms with E-state index in [2.05, 4.69) is 19.9 Å². The van der Waals surface area contributed by atoms with Crippen LogP contribution in [0.3, 0.4) is 0 Å². The summed E-state index contributed by atoms with van der Waals surface area (Å²) in [7, 11) is 0. The Labute approximate surface area is 139 Å². The Hall–Kier alpha value is -0.820. The van der Waals surface area contributed by atoms with Crippen LogP contribution in [-0.4, -0.2) is 0 Å². The Morgan fingerprint density at radius 3 is 2.64 bits per heavy atom. The smallest absolute Gasteiger partial charge is 0.145 e. The highest BCUT2D eigenvalue weighted by Gasteiger charge is 2.19. The van der Waals surface area contributed by atoms with Gasteiger partial charge in [0.25, 0.3) is 0 Å². The maximum absolute atomic E-state index is 14.5. The molecule has 1 aromatic carbocycles. The summed E-state index contributed by atoms with van der Waals surface area (Å²) in [6, 6.07) is 3.96. The predicted octanol–water partition coefficient (Wildman–Crippen LogP) is 7.20. The zero-order valence-corrected chi connectivity index (χ0v) is 14.7. The fourth-order valence-corrected chi connectivity index (χ4v) is 3.71. The van der Waals surface area contributed by atoms with Crippen molar-refractivity contribution in [2.75, 3.05) is 0 Å². The van der Waals surface area contributed by atoms with Crippen LogP contribution in [0, 0.1) is 11.7 Å². The lowest BCUT2D eigenvalue weighted by Gasteiger charge is -2.22. The zero-order chi connectivity index (χ0) is 15.9. The van der Waals surface area contributed by atoms with Crippen LogP contribution >= 0.6 is 11.6 Å². The van der Waals surface area contributed by atoms with Crippen molar-refractivity contribution in [1.82, 2.24) is 0 Å². The van der Waals surface area contributed by atoms with Gasteiger partial charge in [-0.05, 0) is 54.7 Å². The average molecular weight is 323 g/mol. The molecule has 0 radical (unpaired) electrons. The molecule has 0 heterocycles. The lowest BCUT2D eigenvalue weighted by Crippen LogP contribution is -2.06. The van der Waals surface area contributed by atoms with Gasteiger partial charge in [-0.2, -0.15) is 0 Å². The summed E-state index contributed by atoms with van der Waals surface area (Å²) >= 11 is 6.33. The molecule has 22 heavy (non-hydrogen) atoms. The number of rotatable bonds is 7. The van der Waals surface area contributed by atoms with Crippen molar-refractivity contribution in [3.05, 3.63) is 40.2 Å². The summed E-state index contributed by atoms with van der Waals surface area (Å²) in [5.41, 5.74) is 2.91. The van der Waals surface area contributed by atoms with Crippen LogP contribution in [0.25, 0.3) is 5.57 Å². The Bertz CT molecular complexity index is 519. The molecule has 1 aliphatic rings. The lowest BCUT2D eigenvalue weighted by molar-refractivity contribution is 0.445. The van der Waals surface area contributed by atoms with Crippen LogP contribution in [0.5, 0.6) is 0 Å². The highest BCUT2D eigenvalue weighted by Crippen LogP contribution is 2.37. The quantitative estimate of drug-likeness (QED) is 0.466. The van der Waals surface area contributed by atoms with Crippen molar-refractivity contribution >= 4 is 17.2 Å². The molecule has 122 valence electrons. The number of hydrogen-bond donors (Lipinski definition) is 0. The standard InChI is InChI=1S/C20H28ClF/c1-3-5-6-8-17-13-14-18(19(21)20(17)22)16-11-9-15(7-4-2)10-12-16/h11,13-15H,3-10,12H2,1-2H3. The zero-order valence-electron chi connectivity index (χ0n) is 13.9. The van der Waals surface area contributed by atoms with Crippen molar-refractivity contribution in [3.8, 4) is 0 Å². The van der Waals surface area contributed by atoms with Crippen LogP contribution in [0.1, 0.15) is 76.3 Å². The van der Waals surface area contributed by atoms with Gasteiger partial charge in [-0.25, -0.2) is 4.39 Å². The molecule has 0 bridgehead atoms. The fraction of sp³-hybridized carbons (Fsp3) is 0.600. The van der Waals surface area contributed by atoms with Crippen LogP contribution in [0.2, 0.25) is 5.02 Å². The first-order chi connectivity index (χ1) is 10.7. The monoisotopic (exact) mass is 322 g/mol. The van der Waals surface area contributed by atoms with E-state index in [4.69, 9.17) is 11.6 Å². The highest BCUT2D eigenvalue weighted by molar-refractivity contribution is 6.32. The van der Waals surface area contributed by atoms with Crippen molar-refractivity contribution < 1.29 is 4.39 Å². The van der Waals surface area contributed by atoms with Gasteiger partial charge in [-0.15, -0.1) is 0 Å². The molecule has 0 amide bonds. The second-order valence-corrected chi connectivity index (χ2v) is 6.89. The molecule has 0 aliphatic heterocycles. The van der Waals surface area contributed by atoms with Gasteiger partial charge >= 0.3 is 0 Å². The molecule has 1 aliphatic carbocycles. The van der Waals surface area contributed by atoms with Gasteiger partial charge < -0.3 is 0 Å². The SMILES string of the molecule is CCCCCc1ccc(C2=CCC(CCC)CC2)c(Cl)c1F. The summed E-state index contributed by atoms with van der Waals surface area (Å²) < 4.78 is 14.5. The maximum atomic E-state index is 14.5. The van der Waals surface area contributed by atoms with Gasteiger partial charge in [0, 0.05) is 0 Å². The summed E-state index contributed by atoms with van der Waals surface area (Å²) in [5, 5.41) is 0.328. The number of halogens is 2. The second-order valence-electron chi connectivity index (χ2n) is 6.52. The fourth-order valence-electron chi connectivity index (χ4n) is 3.40. The van der Waals surface area contributed by atoms with E-state index in [-0.39, 0.29) is 5.82 Å². The van der Waals surface area contributed by atoms with Gasteiger partial charge in [0.15, 0.2) is 0 Å². The molecule has 2 rings (SSSR count). The first kappa shape index (κ1) is 17.5. The molecule has 0 saturated carbocycles. The molecule has 0 N–H and O–H groups in total. The Morgan fingerprint density at radius 1 is 1.18 bits per heavy atom. The van der Waals surface area contributed by atoms with Crippen molar-refractivity contribution in [2.24, 2.45) is 5.92 Å². The van der Waals surface area contributed by atoms with E-state index >= 15 is 0 Å². The molecular weight excluding hydrogens is 295 g/mol. The Balaban J connectivity index is 2.11. The van der Waals surface area contributed by atoms with E-state index < -0.39 is 0 Å². The van der Waals surface area contributed by atoms with Gasteiger partial charge in [0.1, 0.15) is 5.82 Å². The third kappa shape index (κ3) is 4.35. The van der Waals surface area contributed by atoms with E-state index in [1.807, 2.05) is 12.1 Å². The van der Waals surface area contributed by atoms with Crippen molar-refractivity contribution in [3.63, 3.8) is 0 Å². The molecule has 0 nitrogen and oxygen atoms in total. The van der Waals surface area contributed by atoms with Gasteiger partial charge in [0.2, 0.25) is 0 Å². The molecule has 1 aromatic rings. The lowest BCUT2D eigenvalue weighted by atomic mass is 9.84. The topological polar surface area (TPSA) is 0 Å². The third-order valence-corrected chi connectivity index (χ3v) is 5.14. The Kier molecular flexibility index (Phi) is 6.95.